The van der Waals surface area contributed by atoms with Crippen LogP contribution in [0.15, 0.2) is 34.3 Å². The quantitative estimate of drug-likeness (QED) is 0.769. The maximum atomic E-state index is 9.30. The van der Waals surface area contributed by atoms with Gasteiger partial charge in [-0.05, 0) is 76.8 Å². The van der Waals surface area contributed by atoms with Crippen LogP contribution in [0, 0.1) is 25.2 Å². The number of anilines is 1. The Hall–Kier alpha value is -2.10. The molecule has 2 aromatic rings. The molecule has 3 rings (SSSR count). The minimum Gasteiger partial charge on any atom is -0.370 e. The predicted octanol–water partition coefficient (Wildman–Crippen LogP) is 3.65. The summed E-state index contributed by atoms with van der Waals surface area (Å²) in [6, 6.07) is 10.8. The number of nitriles is 1. The molecule has 1 aliphatic heterocycles. The summed E-state index contributed by atoms with van der Waals surface area (Å²) in [6.45, 7) is 6.01. The van der Waals surface area contributed by atoms with E-state index in [1.54, 1.807) is 11.8 Å². The molecule has 0 bridgehead atoms. The van der Waals surface area contributed by atoms with E-state index in [0.717, 1.165) is 47.4 Å². The summed E-state index contributed by atoms with van der Waals surface area (Å²) in [5.74, 6) is 0. The largest absolute Gasteiger partial charge is 0.370 e. The topological polar surface area (TPSA) is 56.1 Å². The standard InChI is InChI=1S/C20H25N5S/c1-14-11-15(2)23-20(22-14)26-19-12-16(13-21)5-6-18(19)25-9-7-17(8-10-25)24(3)4/h5-6,11-12,17H,7-10H2,1-4H3. The first-order chi connectivity index (χ1) is 12.5. The van der Waals surface area contributed by atoms with Gasteiger partial charge in [0.15, 0.2) is 5.16 Å². The summed E-state index contributed by atoms with van der Waals surface area (Å²) in [5, 5.41) is 10.0. The Balaban J connectivity index is 1.88. The van der Waals surface area contributed by atoms with Gasteiger partial charge in [0.1, 0.15) is 0 Å². The van der Waals surface area contributed by atoms with E-state index >= 15 is 0 Å². The van der Waals surface area contributed by atoms with Gasteiger partial charge in [0.2, 0.25) is 0 Å². The zero-order chi connectivity index (χ0) is 18.7. The van der Waals surface area contributed by atoms with Crippen LogP contribution in [0.25, 0.3) is 0 Å². The van der Waals surface area contributed by atoms with Gasteiger partial charge in [-0.1, -0.05) is 0 Å². The number of piperidine rings is 1. The molecule has 5 nitrogen and oxygen atoms in total. The van der Waals surface area contributed by atoms with Gasteiger partial charge in [0.05, 0.1) is 17.3 Å². The fraction of sp³-hybridized carbons (Fsp3) is 0.450. The molecule has 0 unspecified atom stereocenters. The van der Waals surface area contributed by atoms with Crippen LogP contribution in [-0.2, 0) is 0 Å². The van der Waals surface area contributed by atoms with Crippen molar-refractivity contribution < 1.29 is 0 Å². The molecule has 1 aromatic carbocycles. The predicted molar refractivity (Wildman–Crippen MR) is 106 cm³/mol. The van der Waals surface area contributed by atoms with E-state index in [-0.39, 0.29) is 0 Å². The first-order valence-corrected chi connectivity index (χ1v) is 9.73. The highest BCUT2D eigenvalue weighted by Gasteiger charge is 2.23. The first kappa shape index (κ1) is 18.7. The van der Waals surface area contributed by atoms with Crippen molar-refractivity contribution in [2.45, 2.75) is 42.8 Å². The minimum atomic E-state index is 0.642. The fourth-order valence-corrected chi connectivity index (χ4v) is 4.45. The Morgan fingerprint density at radius 2 is 1.77 bits per heavy atom. The number of hydrogen-bond acceptors (Lipinski definition) is 6. The SMILES string of the molecule is Cc1cc(C)nc(Sc2cc(C#N)ccc2N2CCC(N(C)C)CC2)n1. The molecule has 136 valence electrons. The van der Waals surface area contributed by atoms with Gasteiger partial charge in [0, 0.05) is 35.4 Å². The molecule has 26 heavy (non-hydrogen) atoms. The Morgan fingerprint density at radius 3 is 2.35 bits per heavy atom. The molecule has 1 aliphatic rings. The Labute approximate surface area is 160 Å². The zero-order valence-corrected chi connectivity index (χ0v) is 16.7. The van der Waals surface area contributed by atoms with Crippen molar-refractivity contribution >= 4 is 17.4 Å². The molecule has 1 fully saturated rings. The lowest BCUT2D eigenvalue weighted by Crippen LogP contribution is -2.42. The highest BCUT2D eigenvalue weighted by molar-refractivity contribution is 7.99. The molecule has 0 atom stereocenters. The zero-order valence-electron chi connectivity index (χ0n) is 15.9. The third-order valence-corrected chi connectivity index (χ3v) is 5.70. The summed E-state index contributed by atoms with van der Waals surface area (Å²) >= 11 is 1.55. The van der Waals surface area contributed by atoms with Crippen molar-refractivity contribution in [3.8, 4) is 6.07 Å². The maximum Gasteiger partial charge on any atom is 0.192 e. The molecule has 1 saturated heterocycles. The van der Waals surface area contributed by atoms with Crippen molar-refractivity contribution in [2.24, 2.45) is 0 Å². The summed E-state index contributed by atoms with van der Waals surface area (Å²) in [4.78, 5) is 14.9. The average molecular weight is 368 g/mol. The van der Waals surface area contributed by atoms with E-state index in [2.05, 4.69) is 46.0 Å². The maximum absolute atomic E-state index is 9.30. The van der Waals surface area contributed by atoms with Crippen molar-refractivity contribution in [1.29, 1.82) is 5.26 Å². The Bertz CT molecular complexity index is 799. The van der Waals surface area contributed by atoms with E-state index in [1.807, 2.05) is 32.0 Å². The van der Waals surface area contributed by atoms with Crippen molar-refractivity contribution in [2.75, 3.05) is 32.1 Å². The molecule has 0 amide bonds. The van der Waals surface area contributed by atoms with E-state index < -0.39 is 0 Å². The molecule has 1 aromatic heterocycles. The van der Waals surface area contributed by atoms with Crippen LogP contribution < -0.4 is 4.90 Å². The second-order valence-corrected chi connectivity index (χ2v) is 8.02. The highest BCUT2D eigenvalue weighted by Crippen LogP contribution is 2.36. The van der Waals surface area contributed by atoms with Crippen molar-refractivity contribution in [1.82, 2.24) is 14.9 Å². The van der Waals surface area contributed by atoms with Crippen LogP contribution >= 0.6 is 11.8 Å². The van der Waals surface area contributed by atoms with Gasteiger partial charge in [0.25, 0.3) is 0 Å². The normalized spacial score (nSPS) is 15.3. The second kappa shape index (κ2) is 8.07. The summed E-state index contributed by atoms with van der Waals surface area (Å²) in [6.07, 6.45) is 2.30. The van der Waals surface area contributed by atoms with Gasteiger partial charge < -0.3 is 9.80 Å². The number of aryl methyl sites for hydroxylation is 2. The lowest BCUT2D eigenvalue weighted by atomic mass is 10.0. The molecular formula is C20H25N5S. The number of aromatic nitrogens is 2. The Kier molecular flexibility index (Phi) is 5.80. The van der Waals surface area contributed by atoms with E-state index in [9.17, 15) is 5.26 Å². The van der Waals surface area contributed by atoms with Crippen LogP contribution in [0.3, 0.4) is 0 Å². The van der Waals surface area contributed by atoms with Gasteiger partial charge in [-0.25, -0.2) is 9.97 Å². The molecule has 0 radical (unpaired) electrons. The first-order valence-electron chi connectivity index (χ1n) is 8.92. The fourth-order valence-electron chi connectivity index (χ4n) is 3.39. The van der Waals surface area contributed by atoms with Gasteiger partial charge in [-0.3, -0.25) is 0 Å². The highest BCUT2D eigenvalue weighted by atomic mass is 32.2. The lowest BCUT2D eigenvalue weighted by Gasteiger charge is -2.37. The van der Waals surface area contributed by atoms with Crippen molar-refractivity contribution in [3.63, 3.8) is 0 Å². The van der Waals surface area contributed by atoms with Gasteiger partial charge in [-0.15, -0.1) is 0 Å². The van der Waals surface area contributed by atoms with Crippen LogP contribution in [0.5, 0.6) is 0 Å². The minimum absolute atomic E-state index is 0.642. The molecule has 0 aliphatic carbocycles. The summed E-state index contributed by atoms with van der Waals surface area (Å²) in [5.41, 5.74) is 3.77. The average Bonchev–Trinajstić information content (AvgIpc) is 2.61. The third-order valence-electron chi connectivity index (χ3n) is 4.79. The van der Waals surface area contributed by atoms with Crippen LogP contribution in [0.4, 0.5) is 5.69 Å². The Morgan fingerprint density at radius 1 is 1.12 bits per heavy atom. The number of nitrogens with zero attached hydrogens (tertiary/aromatic N) is 5. The van der Waals surface area contributed by atoms with Gasteiger partial charge in [-0.2, -0.15) is 5.26 Å². The number of hydrogen-bond donors (Lipinski definition) is 0. The molecule has 6 heteroatoms. The van der Waals surface area contributed by atoms with Crippen molar-refractivity contribution in [3.05, 3.63) is 41.2 Å². The van der Waals surface area contributed by atoms with E-state index in [1.165, 1.54) is 5.69 Å². The van der Waals surface area contributed by atoms with Crippen LogP contribution in [0.2, 0.25) is 0 Å². The summed E-state index contributed by atoms with van der Waals surface area (Å²) < 4.78 is 0. The van der Waals surface area contributed by atoms with Gasteiger partial charge >= 0.3 is 0 Å². The third kappa shape index (κ3) is 4.35. The molecular weight excluding hydrogens is 342 g/mol. The number of rotatable bonds is 4. The smallest absolute Gasteiger partial charge is 0.192 e. The molecule has 0 spiro atoms. The van der Waals surface area contributed by atoms with Crippen LogP contribution in [-0.4, -0.2) is 48.1 Å². The molecule has 2 heterocycles. The lowest BCUT2D eigenvalue weighted by molar-refractivity contribution is 0.249. The second-order valence-electron chi connectivity index (χ2n) is 7.01. The summed E-state index contributed by atoms with van der Waals surface area (Å²) in [7, 11) is 4.31. The monoisotopic (exact) mass is 367 g/mol. The van der Waals surface area contributed by atoms with E-state index in [4.69, 9.17) is 0 Å². The number of benzene rings is 1. The van der Waals surface area contributed by atoms with Crippen LogP contribution in [0.1, 0.15) is 29.8 Å². The molecule has 0 N–H and O–H groups in total. The van der Waals surface area contributed by atoms with E-state index in [0.29, 0.717) is 11.6 Å². The molecule has 0 saturated carbocycles.